The number of nitrogens with zero attached hydrogens (tertiary/aromatic N) is 1. The van der Waals surface area contributed by atoms with Gasteiger partial charge in [0.1, 0.15) is 19.8 Å². The summed E-state index contributed by atoms with van der Waals surface area (Å²) in [4.78, 5) is 35.3. The largest absolute Gasteiger partial charge is 0.472 e. The summed E-state index contributed by atoms with van der Waals surface area (Å²) in [5.41, 5.74) is 0. The summed E-state index contributed by atoms with van der Waals surface area (Å²) in [6.07, 6.45) is 63.6. The van der Waals surface area contributed by atoms with E-state index < -0.39 is 26.5 Å². The van der Waals surface area contributed by atoms with Crippen LogP contribution in [0, 0.1) is 0 Å². The van der Waals surface area contributed by atoms with Gasteiger partial charge < -0.3 is 18.9 Å². The first-order chi connectivity index (χ1) is 32.0. The van der Waals surface area contributed by atoms with E-state index in [-0.39, 0.29) is 32.0 Å². The molecule has 0 fully saturated rings. The summed E-state index contributed by atoms with van der Waals surface area (Å²) < 4.78 is 34.2. The number of hydrogen-bond acceptors (Lipinski definition) is 7. The van der Waals surface area contributed by atoms with Crippen molar-refractivity contribution in [2.75, 3.05) is 47.5 Å². The van der Waals surface area contributed by atoms with Crippen LogP contribution in [0.15, 0.2) is 97.2 Å². The second kappa shape index (κ2) is 47.0. The first-order valence-corrected chi connectivity index (χ1v) is 27.5. The standard InChI is InChI=1S/C56H96NO8P/c1-6-8-10-12-14-15-16-17-18-19-20-21-22-23-24-25-26-27-28-29-30-31-32-33-34-35-36-37-38-39-40-41-43-45-47-49-56(59)65-54(53-64-66(60,61)63-51-50-57(3,4)5)52-62-55(58)48-46-44-42-13-11-9-7-2/h8,10,14-15,17-18,20-21,23-24,26-27,29-30,32-33,54H,6-7,9,11-13,16,19,22,25,28,31,34-53H2,1-5H3/p+1/b10-8-,15-14-,18-17-,21-20-,24-23-,27-26-,30-29-,33-32-. The molecule has 0 rings (SSSR count). The Kier molecular flexibility index (Phi) is 44.8. The van der Waals surface area contributed by atoms with E-state index in [9.17, 15) is 19.0 Å². The summed E-state index contributed by atoms with van der Waals surface area (Å²) in [6.45, 7) is 4.24. The maximum atomic E-state index is 12.7. The molecule has 0 aromatic heterocycles. The molecule has 66 heavy (non-hydrogen) atoms. The van der Waals surface area contributed by atoms with E-state index in [1.54, 1.807) is 0 Å². The van der Waals surface area contributed by atoms with Crippen molar-refractivity contribution in [2.24, 2.45) is 0 Å². The molecule has 0 amide bonds. The average Bonchev–Trinajstić information content (AvgIpc) is 3.27. The molecule has 0 aliphatic carbocycles. The third-order valence-corrected chi connectivity index (χ3v) is 11.6. The lowest BCUT2D eigenvalue weighted by molar-refractivity contribution is -0.870. The van der Waals surface area contributed by atoms with Crippen LogP contribution in [0.25, 0.3) is 0 Å². The lowest BCUT2D eigenvalue weighted by atomic mass is 10.0. The van der Waals surface area contributed by atoms with Crippen LogP contribution in [-0.2, 0) is 32.7 Å². The summed E-state index contributed by atoms with van der Waals surface area (Å²) in [5, 5.41) is 0. The highest BCUT2D eigenvalue weighted by atomic mass is 31.2. The molecular formula is C56H97NO8P+. The van der Waals surface area contributed by atoms with Gasteiger partial charge >= 0.3 is 19.8 Å². The minimum atomic E-state index is -4.38. The van der Waals surface area contributed by atoms with Crippen molar-refractivity contribution in [2.45, 2.75) is 200 Å². The van der Waals surface area contributed by atoms with Gasteiger partial charge in [0.2, 0.25) is 0 Å². The Morgan fingerprint density at radius 2 is 0.864 bits per heavy atom. The number of quaternary nitrogens is 1. The Labute approximate surface area is 404 Å². The fraction of sp³-hybridized carbons (Fsp3) is 0.679. The van der Waals surface area contributed by atoms with Gasteiger partial charge in [-0.2, -0.15) is 0 Å². The number of carbonyl (C=O) groups is 2. The molecule has 0 spiro atoms. The molecule has 0 aromatic carbocycles. The molecule has 0 radical (unpaired) electrons. The maximum Gasteiger partial charge on any atom is 0.472 e. The smallest absolute Gasteiger partial charge is 0.462 e. The minimum absolute atomic E-state index is 0.0275. The lowest BCUT2D eigenvalue weighted by Crippen LogP contribution is -2.37. The average molecular weight is 943 g/mol. The molecule has 1 N–H and O–H groups in total. The molecule has 2 unspecified atom stereocenters. The molecule has 378 valence electrons. The zero-order chi connectivity index (χ0) is 48.5. The Morgan fingerprint density at radius 1 is 0.485 bits per heavy atom. The number of ether oxygens (including phenoxy) is 2. The highest BCUT2D eigenvalue weighted by Crippen LogP contribution is 2.43. The van der Waals surface area contributed by atoms with Crippen LogP contribution in [0.5, 0.6) is 0 Å². The Hall–Kier alpha value is -3.07. The summed E-state index contributed by atoms with van der Waals surface area (Å²) in [7, 11) is 1.46. The van der Waals surface area contributed by atoms with Crippen LogP contribution in [0.2, 0.25) is 0 Å². The van der Waals surface area contributed by atoms with Gasteiger partial charge in [0.05, 0.1) is 27.7 Å². The molecule has 0 bridgehead atoms. The van der Waals surface area contributed by atoms with E-state index in [0.29, 0.717) is 17.4 Å². The van der Waals surface area contributed by atoms with E-state index in [1.807, 2.05) is 21.1 Å². The van der Waals surface area contributed by atoms with E-state index in [2.05, 4.69) is 111 Å². The minimum Gasteiger partial charge on any atom is -0.462 e. The van der Waals surface area contributed by atoms with Crippen molar-refractivity contribution in [1.29, 1.82) is 0 Å². The van der Waals surface area contributed by atoms with E-state index in [0.717, 1.165) is 96.3 Å². The number of phosphoric ester groups is 1. The van der Waals surface area contributed by atoms with Crippen LogP contribution in [-0.4, -0.2) is 74.9 Å². The predicted octanol–water partition coefficient (Wildman–Crippen LogP) is 15.7. The normalized spacial score (nSPS) is 14.2. The van der Waals surface area contributed by atoms with Crippen molar-refractivity contribution < 1.29 is 42.1 Å². The molecule has 0 aliphatic heterocycles. The van der Waals surface area contributed by atoms with Crippen LogP contribution in [0.4, 0.5) is 0 Å². The molecule has 0 heterocycles. The van der Waals surface area contributed by atoms with Gasteiger partial charge in [0, 0.05) is 12.8 Å². The Morgan fingerprint density at radius 3 is 1.29 bits per heavy atom. The number of esters is 2. The summed E-state index contributed by atoms with van der Waals surface area (Å²) in [6, 6.07) is 0. The Bertz CT molecular complexity index is 1440. The number of phosphoric acid groups is 1. The second-order valence-corrected chi connectivity index (χ2v) is 19.6. The van der Waals surface area contributed by atoms with Crippen molar-refractivity contribution >= 4 is 19.8 Å². The molecule has 9 nitrogen and oxygen atoms in total. The molecule has 0 saturated heterocycles. The van der Waals surface area contributed by atoms with Gasteiger partial charge in [0.15, 0.2) is 6.10 Å². The quantitative estimate of drug-likeness (QED) is 0.0211. The van der Waals surface area contributed by atoms with Crippen LogP contribution >= 0.6 is 7.82 Å². The van der Waals surface area contributed by atoms with Gasteiger partial charge in [-0.3, -0.25) is 18.6 Å². The van der Waals surface area contributed by atoms with Gasteiger partial charge in [-0.05, 0) is 77.0 Å². The summed E-state index contributed by atoms with van der Waals surface area (Å²) >= 11 is 0. The molecule has 2 atom stereocenters. The molecule has 0 aliphatic rings. The maximum absolute atomic E-state index is 12.7. The van der Waals surface area contributed by atoms with Crippen molar-refractivity contribution in [1.82, 2.24) is 0 Å². The topological polar surface area (TPSA) is 108 Å². The number of allylic oxidation sites excluding steroid dienone is 16. The second-order valence-electron chi connectivity index (χ2n) is 18.2. The van der Waals surface area contributed by atoms with Gasteiger partial charge in [0.25, 0.3) is 0 Å². The van der Waals surface area contributed by atoms with Crippen molar-refractivity contribution in [3.8, 4) is 0 Å². The molecular weight excluding hydrogens is 846 g/mol. The number of likely N-dealkylation sites (N-methyl/N-ethyl adjacent to an activating group) is 1. The fourth-order valence-electron chi connectivity index (χ4n) is 6.62. The highest BCUT2D eigenvalue weighted by Gasteiger charge is 2.27. The van der Waals surface area contributed by atoms with Gasteiger partial charge in [-0.25, -0.2) is 4.57 Å². The third kappa shape index (κ3) is 50.3. The lowest BCUT2D eigenvalue weighted by Gasteiger charge is -2.24. The molecule has 10 heteroatoms. The number of hydrogen-bond donors (Lipinski definition) is 1. The highest BCUT2D eigenvalue weighted by molar-refractivity contribution is 7.47. The number of unbranched alkanes of at least 4 members (excludes halogenated alkanes) is 16. The van der Waals surface area contributed by atoms with E-state index in [1.165, 1.54) is 64.2 Å². The molecule has 0 saturated carbocycles. The van der Waals surface area contributed by atoms with Crippen molar-refractivity contribution in [3.05, 3.63) is 97.2 Å². The number of carbonyl (C=O) groups excluding carboxylic acids is 2. The first-order valence-electron chi connectivity index (χ1n) is 26.0. The SMILES string of the molecule is CC/C=C\C/C=C\C/C=C\C/C=C\C/C=C\C/C=C\C/C=C\C/C=C\CCCCCCCCCCCCC(=O)OC(COC(=O)CCCCCCCCC)COP(=O)(O)OCC[N+](C)(C)C. The van der Waals surface area contributed by atoms with Crippen LogP contribution in [0.3, 0.4) is 0 Å². The monoisotopic (exact) mass is 943 g/mol. The van der Waals surface area contributed by atoms with Gasteiger partial charge in [-0.1, -0.05) is 201 Å². The van der Waals surface area contributed by atoms with Crippen molar-refractivity contribution in [3.63, 3.8) is 0 Å². The van der Waals surface area contributed by atoms with Crippen LogP contribution < -0.4 is 0 Å². The van der Waals surface area contributed by atoms with Crippen LogP contribution in [0.1, 0.15) is 194 Å². The fourth-order valence-corrected chi connectivity index (χ4v) is 7.36. The third-order valence-electron chi connectivity index (χ3n) is 10.6. The van der Waals surface area contributed by atoms with E-state index in [4.69, 9.17) is 18.5 Å². The zero-order valence-corrected chi connectivity index (χ0v) is 43.5. The number of rotatable bonds is 46. The van der Waals surface area contributed by atoms with Gasteiger partial charge in [-0.15, -0.1) is 0 Å². The van der Waals surface area contributed by atoms with E-state index >= 15 is 0 Å². The Balaban J connectivity index is 4.04. The zero-order valence-electron chi connectivity index (χ0n) is 42.6. The predicted molar refractivity (Wildman–Crippen MR) is 279 cm³/mol. The molecule has 0 aromatic rings. The summed E-state index contributed by atoms with van der Waals surface area (Å²) in [5.74, 6) is -0.815. The first kappa shape index (κ1) is 62.9.